The van der Waals surface area contributed by atoms with E-state index in [-0.39, 0.29) is 5.92 Å². The highest BCUT2D eigenvalue weighted by molar-refractivity contribution is 6.05. The van der Waals surface area contributed by atoms with Crippen LogP contribution in [0, 0.1) is 17.8 Å². The lowest BCUT2D eigenvalue weighted by Crippen LogP contribution is -2.51. The first-order valence-corrected chi connectivity index (χ1v) is 10.3. The first-order valence-electron chi connectivity index (χ1n) is 10.3. The Bertz CT molecular complexity index is 785. The largest absolute Gasteiger partial charge is 0.394 e. The van der Waals surface area contributed by atoms with Crippen molar-refractivity contribution in [2.45, 2.75) is 45.6 Å². The lowest BCUT2D eigenvalue weighted by molar-refractivity contribution is -0.145. The first-order chi connectivity index (χ1) is 14.8. The van der Waals surface area contributed by atoms with Crippen LogP contribution < -0.4 is 16.2 Å². The van der Waals surface area contributed by atoms with Crippen LogP contribution in [0.3, 0.4) is 0 Å². The molecule has 0 aromatic heterocycles. The summed E-state index contributed by atoms with van der Waals surface area (Å²) in [7, 11) is 0. The molecule has 1 aliphatic heterocycles. The van der Waals surface area contributed by atoms with E-state index >= 15 is 0 Å². The smallest absolute Gasteiger partial charge is 0.344 e. The standard InChI is InChI=1S/C21H30N4O6/c1-13(2)11-16(18(27)23-25-20(29)17(12-26)22-21(25)30)15(19(28)24-31)10-6-9-14-7-4-3-5-8-14/h3-5,7-8,13,15-17,26,31H,6,9-12H2,1-2H3,(H,22,30)(H,23,27)(H,24,28)/t15-,16+,17-/m0/s1. The number of benzene rings is 1. The summed E-state index contributed by atoms with van der Waals surface area (Å²) in [6.07, 6.45) is 1.92. The van der Waals surface area contributed by atoms with Crippen LogP contribution in [0.25, 0.3) is 0 Å². The molecule has 5 N–H and O–H groups in total. The number of imide groups is 1. The van der Waals surface area contributed by atoms with Crippen molar-refractivity contribution >= 4 is 23.8 Å². The fourth-order valence-electron chi connectivity index (χ4n) is 3.68. The molecule has 3 atom stereocenters. The fourth-order valence-corrected chi connectivity index (χ4v) is 3.68. The van der Waals surface area contributed by atoms with E-state index in [0.717, 1.165) is 5.56 Å². The Morgan fingerprint density at radius 1 is 1.13 bits per heavy atom. The number of hydrogen-bond acceptors (Lipinski definition) is 6. The summed E-state index contributed by atoms with van der Waals surface area (Å²) >= 11 is 0. The van der Waals surface area contributed by atoms with E-state index in [4.69, 9.17) is 5.11 Å². The average Bonchev–Trinajstić information content (AvgIpc) is 3.03. The van der Waals surface area contributed by atoms with E-state index in [9.17, 15) is 24.4 Å². The number of hydrogen-bond donors (Lipinski definition) is 5. The molecule has 1 saturated heterocycles. The second-order valence-electron chi connectivity index (χ2n) is 8.03. The van der Waals surface area contributed by atoms with E-state index in [0.29, 0.717) is 30.7 Å². The minimum Gasteiger partial charge on any atom is -0.394 e. The molecule has 1 heterocycles. The van der Waals surface area contributed by atoms with E-state index in [1.54, 1.807) is 5.48 Å². The van der Waals surface area contributed by atoms with Crippen molar-refractivity contribution in [3.05, 3.63) is 35.9 Å². The fraction of sp³-hybridized carbons (Fsp3) is 0.524. The zero-order valence-corrected chi connectivity index (χ0v) is 17.7. The summed E-state index contributed by atoms with van der Waals surface area (Å²) < 4.78 is 0. The van der Waals surface area contributed by atoms with Crippen LogP contribution in [0.1, 0.15) is 38.7 Å². The molecule has 10 heteroatoms. The number of aryl methyl sites for hydroxylation is 1. The van der Waals surface area contributed by atoms with Gasteiger partial charge in [0.2, 0.25) is 11.8 Å². The molecule has 31 heavy (non-hydrogen) atoms. The number of nitrogens with one attached hydrogen (secondary N) is 3. The molecule has 2 rings (SSSR count). The summed E-state index contributed by atoms with van der Waals surface area (Å²) in [6.45, 7) is 3.17. The molecule has 0 aliphatic carbocycles. The number of carbonyl (C=O) groups is 4. The van der Waals surface area contributed by atoms with Gasteiger partial charge < -0.3 is 10.4 Å². The molecule has 0 bridgehead atoms. The quantitative estimate of drug-likeness (QED) is 0.197. The normalized spacial score (nSPS) is 18.0. The van der Waals surface area contributed by atoms with E-state index in [2.05, 4.69) is 10.7 Å². The molecule has 5 amide bonds. The Hall–Kier alpha value is -2.98. The van der Waals surface area contributed by atoms with Gasteiger partial charge in [0.25, 0.3) is 5.91 Å². The number of hydroxylamine groups is 1. The van der Waals surface area contributed by atoms with Crippen LogP contribution in [0.5, 0.6) is 0 Å². The summed E-state index contributed by atoms with van der Waals surface area (Å²) in [5.41, 5.74) is 5.00. The third-order valence-corrected chi connectivity index (χ3v) is 5.24. The molecule has 170 valence electrons. The Kier molecular flexibility index (Phi) is 8.95. The highest BCUT2D eigenvalue weighted by Gasteiger charge is 2.41. The Balaban J connectivity index is 2.14. The second-order valence-corrected chi connectivity index (χ2v) is 8.03. The minimum atomic E-state index is -1.13. The summed E-state index contributed by atoms with van der Waals surface area (Å²) in [6, 6.07) is 7.70. The van der Waals surface area contributed by atoms with Gasteiger partial charge in [-0.25, -0.2) is 10.3 Å². The molecule has 0 saturated carbocycles. The molecular weight excluding hydrogens is 404 g/mol. The van der Waals surface area contributed by atoms with Gasteiger partial charge in [0.05, 0.1) is 18.4 Å². The molecule has 10 nitrogen and oxygen atoms in total. The molecule has 1 fully saturated rings. The van der Waals surface area contributed by atoms with Crippen LogP contribution in [-0.4, -0.2) is 51.7 Å². The van der Waals surface area contributed by atoms with Gasteiger partial charge in [-0.15, -0.1) is 0 Å². The zero-order valence-electron chi connectivity index (χ0n) is 17.7. The molecule has 1 aromatic rings. The van der Waals surface area contributed by atoms with Crippen molar-refractivity contribution in [1.82, 2.24) is 21.2 Å². The summed E-state index contributed by atoms with van der Waals surface area (Å²) in [4.78, 5) is 49.6. The molecule has 0 spiro atoms. The highest BCUT2D eigenvalue weighted by Crippen LogP contribution is 2.27. The lowest BCUT2D eigenvalue weighted by atomic mass is 9.81. The average molecular weight is 434 g/mol. The maximum atomic E-state index is 13.0. The third-order valence-electron chi connectivity index (χ3n) is 5.24. The van der Waals surface area contributed by atoms with Gasteiger partial charge in [-0.2, -0.15) is 5.01 Å². The number of carbonyl (C=O) groups excluding carboxylic acids is 4. The summed E-state index contributed by atoms with van der Waals surface area (Å²) in [5.74, 6) is -3.85. The number of aliphatic hydroxyl groups is 1. The predicted octanol–water partition coefficient (Wildman–Crippen LogP) is 0.737. The van der Waals surface area contributed by atoms with Gasteiger partial charge in [-0.3, -0.25) is 25.0 Å². The van der Waals surface area contributed by atoms with Gasteiger partial charge in [0.1, 0.15) is 6.04 Å². The third kappa shape index (κ3) is 6.50. The minimum absolute atomic E-state index is 0.0344. The summed E-state index contributed by atoms with van der Waals surface area (Å²) in [5, 5.41) is 21.2. The Morgan fingerprint density at radius 3 is 2.35 bits per heavy atom. The van der Waals surface area contributed by atoms with Gasteiger partial charge in [-0.05, 0) is 37.2 Å². The molecule has 1 aliphatic rings. The van der Waals surface area contributed by atoms with Crippen LogP contribution in [0.4, 0.5) is 4.79 Å². The monoisotopic (exact) mass is 434 g/mol. The van der Waals surface area contributed by atoms with Crippen molar-refractivity contribution < 1.29 is 29.5 Å². The van der Waals surface area contributed by atoms with E-state index < -0.39 is 48.2 Å². The van der Waals surface area contributed by atoms with Crippen molar-refractivity contribution in [3.63, 3.8) is 0 Å². The zero-order chi connectivity index (χ0) is 23.0. The van der Waals surface area contributed by atoms with Crippen molar-refractivity contribution in [1.29, 1.82) is 0 Å². The lowest BCUT2D eigenvalue weighted by Gasteiger charge is -2.27. The Morgan fingerprint density at radius 2 is 1.81 bits per heavy atom. The second kappa shape index (κ2) is 11.4. The van der Waals surface area contributed by atoms with Crippen LogP contribution in [0.2, 0.25) is 0 Å². The number of urea groups is 1. The van der Waals surface area contributed by atoms with Gasteiger partial charge in [0.15, 0.2) is 0 Å². The number of amides is 5. The SMILES string of the molecule is CC(C)C[C@@H](C(=O)NN1C(=O)N[C@@H](CO)C1=O)[C@H](CCCc1ccccc1)C(=O)NO. The van der Waals surface area contributed by atoms with Crippen molar-refractivity contribution in [2.75, 3.05) is 6.61 Å². The van der Waals surface area contributed by atoms with Gasteiger partial charge >= 0.3 is 6.03 Å². The molecule has 0 radical (unpaired) electrons. The predicted molar refractivity (Wildman–Crippen MR) is 110 cm³/mol. The number of rotatable bonds is 11. The van der Waals surface area contributed by atoms with Crippen molar-refractivity contribution in [3.8, 4) is 0 Å². The topological polar surface area (TPSA) is 148 Å². The van der Waals surface area contributed by atoms with Crippen LogP contribution >= 0.6 is 0 Å². The van der Waals surface area contributed by atoms with Gasteiger partial charge in [0, 0.05) is 0 Å². The Labute approximate surface area is 180 Å². The molecular formula is C21H30N4O6. The molecule has 1 aromatic carbocycles. The maximum absolute atomic E-state index is 13.0. The number of aliphatic hydroxyl groups excluding tert-OH is 1. The van der Waals surface area contributed by atoms with E-state index in [1.165, 1.54) is 0 Å². The highest BCUT2D eigenvalue weighted by atomic mass is 16.5. The molecule has 0 unspecified atom stereocenters. The maximum Gasteiger partial charge on any atom is 0.344 e. The first kappa shape index (κ1) is 24.3. The van der Waals surface area contributed by atoms with Gasteiger partial charge in [-0.1, -0.05) is 44.2 Å². The van der Waals surface area contributed by atoms with Crippen molar-refractivity contribution in [2.24, 2.45) is 17.8 Å². The van der Waals surface area contributed by atoms with E-state index in [1.807, 2.05) is 44.2 Å². The number of hydrazine groups is 1. The van der Waals surface area contributed by atoms with Crippen LogP contribution in [0.15, 0.2) is 30.3 Å². The number of nitrogens with zero attached hydrogens (tertiary/aromatic N) is 1. The van der Waals surface area contributed by atoms with Crippen LogP contribution in [-0.2, 0) is 20.8 Å².